The van der Waals surface area contributed by atoms with Crippen molar-refractivity contribution in [2.75, 3.05) is 20.3 Å². The van der Waals surface area contributed by atoms with Gasteiger partial charge in [-0.15, -0.1) is 0 Å². The lowest BCUT2D eigenvalue weighted by Crippen LogP contribution is -2.33. The highest BCUT2D eigenvalue weighted by atomic mass is 16.6. The maximum Gasteiger partial charge on any atom is 0.407 e. The molecule has 0 fully saturated rings. The predicted molar refractivity (Wildman–Crippen MR) is 114 cm³/mol. The Hall–Kier alpha value is -3.22. The lowest BCUT2D eigenvalue weighted by molar-refractivity contribution is 0.0524. The number of alkyl carbamates (subject to hydrolysis) is 1. The normalized spacial score (nSPS) is 10.9. The van der Waals surface area contributed by atoms with Crippen LogP contribution in [0.15, 0.2) is 42.5 Å². The number of amides is 1. The van der Waals surface area contributed by atoms with Gasteiger partial charge < -0.3 is 24.6 Å². The van der Waals surface area contributed by atoms with Crippen molar-refractivity contribution in [1.29, 1.82) is 0 Å². The molecule has 1 amide bonds. The van der Waals surface area contributed by atoms with E-state index in [1.54, 1.807) is 32.9 Å². The summed E-state index contributed by atoms with van der Waals surface area (Å²) in [6.45, 7) is 6.16. The Balaban J connectivity index is 1.96. The molecule has 0 bridgehead atoms. The summed E-state index contributed by atoms with van der Waals surface area (Å²) in [7, 11) is 1.25. The van der Waals surface area contributed by atoms with Crippen molar-refractivity contribution in [3.8, 4) is 22.6 Å². The molecule has 30 heavy (non-hydrogen) atoms. The van der Waals surface area contributed by atoms with Crippen molar-refractivity contribution in [2.24, 2.45) is 0 Å². The topological polar surface area (TPSA) is 94.1 Å². The summed E-state index contributed by atoms with van der Waals surface area (Å²) in [5, 5.41) is 13.4. The zero-order chi connectivity index (χ0) is 22.1. The maximum absolute atomic E-state index is 12.2. The molecular weight excluding hydrogens is 386 g/mol. The smallest absolute Gasteiger partial charge is 0.407 e. The van der Waals surface area contributed by atoms with Crippen LogP contribution in [0.5, 0.6) is 11.5 Å². The van der Waals surface area contributed by atoms with Gasteiger partial charge in [-0.25, -0.2) is 9.59 Å². The van der Waals surface area contributed by atoms with E-state index in [1.165, 1.54) is 7.11 Å². The van der Waals surface area contributed by atoms with Crippen molar-refractivity contribution in [2.45, 2.75) is 39.2 Å². The molecule has 0 aliphatic carbocycles. The summed E-state index contributed by atoms with van der Waals surface area (Å²) < 4.78 is 15.7. The Morgan fingerprint density at radius 1 is 1.03 bits per heavy atom. The van der Waals surface area contributed by atoms with Gasteiger partial charge in [-0.05, 0) is 51.3 Å². The number of carbonyl (C=O) groups is 2. The van der Waals surface area contributed by atoms with E-state index in [1.807, 2.05) is 30.3 Å². The first-order valence-electron chi connectivity index (χ1n) is 9.82. The molecule has 0 aliphatic rings. The van der Waals surface area contributed by atoms with Crippen LogP contribution < -0.4 is 10.1 Å². The molecule has 2 aromatic rings. The van der Waals surface area contributed by atoms with Crippen LogP contribution in [0.25, 0.3) is 11.1 Å². The van der Waals surface area contributed by atoms with E-state index in [4.69, 9.17) is 14.2 Å². The number of unbranched alkanes of at least 4 members (excludes halogenated alkanes) is 1. The van der Waals surface area contributed by atoms with E-state index < -0.39 is 17.7 Å². The number of hydrogen-bond acceptors (Lipinski definition) is 6. The molecule has 7 heteroatoms. The largest absolute Gasteiger partial charge is 0.506 e. The van der Waals surface area contributed by atoms with E-state index in [0.717, 1.165) is 5.56 Å². The van der Waals surface area contributed by atoms with Crippen molar-refractivity contribution < 1.29 is 28.9 Å². The minimum absolute atomic E-state index is 0.00858. The number of hydrogen-bond donors (Lipinski definition) is 2. The molecule has 2 N–H and O–H groups in total. The average Bonchev–Trinajstić information content (AvgIpc) is 2.69. The van der Waals surface area contributed by atoms with Gasteiger partial charge in [-0.1, -0.05) is 30.3 Å². The molecule has 0 radical (unpaired) electrons. The Bertz CT molecular complexity index is 858. The molecule has 2 rings (SSSR count). The fourth-order valence-corrected chi connectivity index (χ4v) is 2.76. The molecule has 0 saturated heterocycles. The third-order valence-corrected chi connectivity index (χ3v) is 4.11. The minimum atomic E-state index is -0.674. The number of phenols is 1. The highest BCUT2D eigenvalue weighted by Gasteiger charge is 2.22. The highest BCUT2D eigenvalue weighted by molar-refractivity contribution is 5.98. The molecule has 162 valence electrons. The van der Waals surface area contributed by atoms with E-state index in [2.05, 4.69) is 5.32 Å². The number of ether oxygens (including phenoxy) is 3. The highest BCUT2D eigenvalue weighted by Crippen LogP contribution is 2.38. The summed E-state index contributed by atoms with van der Waals surface area (Å²) in [5.41, 5.74) is 0.751. The zero-order valence-corrected chi connectivity index (χ0v) is 17.9. The monoisotopic (exact) mass is 415 g/mol. The Morgan fingerprint density at radius 3 is 2.37 bits per heavy atom. The van der Waals surface area contributed by atoms with Gasteiger partial charge in [-0.2, -0.15) is 0 Å². The van der Waals surface area contributed by atoms with Crippen molar-refractivity contribution in [3.63, 3.8) is 0 Å². The van der Waals surface area contributed by atoms with Crippen molar-refractivity contribution >= 4 is 12.1 Å². The van der Waals surface area contributed by atoms with E-state index in [0.29, 0.717) is 31.6 Å². The van der Waals surface area contributed by atoms with Gasteiger partial charge in [0.15, 0.2) is 0 Å². The zero-order valence-electron chi connectivity index (χ0n) is 17.9. The van der Waals surface area contributed by atoms with Gasteiger partial charge in [0, 0.05) is 12.1 Å². The quantitative estimate of drug-likeness (QED) is 0.486. The van der Waals surface area contributed by atoms with Crippen LogP contribution in [0, 0.1) is 0 Å². The number of aromatic hydroxyl groups is 1. The molecular formula is C23H29NO6. The Morgan fingerprint density at radius 2 is 1.73 bits per heavy atom. The number of esters is 1. The minimum Gasteiger partial charge on any atom is -0.506 e. The maximum atomic E-state index is 12.2. The van der Waals surface area contributed by atoms with Crippen LogP contribution in [-0.4, -0.2) is 43.0 Å². The third-order valence-electron chi connectivity index (χ3n) is 4.11. The molecule has 0 unspecified atom stereocenters. The third kappa shape index (κ3) is 6.69. The lowest BCUT2D eigenvalue weighted by Gasteiger charge is -2.19. The fourth-order valence-electron chi connectivity index (χ4n) is 2.76. The molecule has 7 nitrogen and oxygen atoms in total. The van der Waals surface area contributed by atoms with Gasteiger partial charge in [0.1, 0.15) is 22.7 Å². The van der Waals surface area contributed by atoms with Crippen molar-refractivity contribution in [3.05, 3.63) is 48.0 Å². The molecule has 0 aromatic heterocycles. The standard InChI is InChI=1S/C23H29NO6/c1-23(2,3)30-22(27)24-14-8-9-15-29-18-13-12-17(16-10-6-5-7-11-16)20(25)19(18)21(26)28-4/h5-7,10-13,25H,8-9,14-15H2,1-4H3,(H,24,27). The van der Waals surface area contributed by atoms with Crippen LogP contribution in [0.1, 0.15) is 44.0 Å². The van der Waals surface area contributed by atoms with Crippen LogP contribution >= 0.6 is 0 Å². The number of benzene rings is 2. The van der Waals surface area contributed by atoms with Gasteiger partial charge in [0.2, 0.25) is 0 Å². The van der Waals surface area contributed by atoms with E-state index >= 15 is 0 Å². The molecule has 0 saturated carbocycles. The molecule has 0 heterocycles. The molecule has 0 spiro atoms. The Labute approximate surface area is 177 Å². The van der Waals surface area contributed by atoms with Crippen LogP contribution in [0.2, 0.25) is 0 Å². The second kappa shape index (κ2) is 10.5. The van der Waals surface area contributed by atoms with Crippen LogP contribution in [-0.2, 0) is 9.47 Å². The van der Waals surface area contributed by atoms with E-state index in [9.17, 15) is 14.7 Å². The second-order valence-corrected chi connectivity index (χ2v) is 7.68. The summed E-state index contributed by atoms with van der Waals surface area (Å²) in [6, 6.07) is 12.6. The van der Waals surface area contributed by atoms with Gasteiger partial charge in [0.05, 0.1) is 13.7 Å². The van der Waals surface area contributed by atoms with Gasteiger partial charge in [-0.3, -0.25) is 0 Å². The first-order valence-corrected chi connectivity index (χ1v) is 9.82. The number of phenolic OH excluding ortho intramolecular Hbond substituents is 1. The first-order chi connectivity index (χ1) is 14.2. The van der Waals surface area contributed by atoms with Crippen molar-refractivity contribution in [1.82, 2.24) is 5.32 Å². The number of carbonyl (C=O) groups excluding carboxylic acids is 2. The molecule has 0 atom stereocenters. The van der Waals surface area contributed by atoms with Crippen LogP contribution in [0.4, 0.5) is 4.79 Å². The summed E-state index contributed by atoms with van der Waals surface area (Å²) in [6.07, 6.45) is 0.844. The van der Waals surface area contributed by atoms with E-state index in [-0.39, 0.29) is 17.1 Å². The second-order valence-electron chi connectivity index (χ2n) is 7.68. The number of nitrogens with one attached hydrogen (secondary N) is 1. The first kappa shape index (κ1) is 23.1. The number of rotatable bonds is 8. The summed E-state index contributed by atoms with van der Waals surface area (Å²) in [5.74, 6) is -0.608. The molecule has 0 aliphatic heterocycles. The summed E-state index contributed by atoms with van der Waals surface area (Å²) in [4.78, 5) is 23.8. The number of methoxy groups -OCH3 is 1. The SMILES string of the molecule is COC(=O)c1c(OCCCCNC(=O)OC(C)(C)C)ccc(-c2ccccc2)c1O. The van der Waals surface area contributed by atoms with Gasteiger partial charge in [0.25, 0.3) is 0 Å². The lowest BCUT2D eigenvalue weighted by atomic mass is 10.0. The summed E-state index contributed by atoms with van der Waals surface area (Å²) >= 11 is 0. The van der Waals surface area contributed by atoms with Gasteiger partial charge >= 0.3 is 12.1 Å². The average molecular weight is 415 g/mol. The Kier molecular flexibility index (Phi) is 8.09. The fraction of sp³-hybridized carbons (Fsp3) is 0.391. The molecule has 2 aromatic carbocycles. The predicted octanol–water partition coefficient (Wildman–Crippen LogP) is 4.53. The van der Waals surface area contributed by atoms with Crippen LogP contribution in [0.3, 0.4) is 0 Å².